The first-order valence-corrected chi connectivity index (χ1v) is 4.72. The van der Waals surface area contributed by atoms with Gasteiger partial charge in [0.05, 0.1) is 4.47 Å². The van der Waals surface area contributed by atoms with Crippen LogP contribution >= 0.6 is 28.3 Å². The van der Waals surface area contributed by atoms with Crippen LogP contribution in [0.25, 0.3) is 0 Å². The molecule has 1 aromatic rings. The van der Waals surface area contributed by atoms with Gasteiger partial charge in [-0.1, -0.05) is 6.07 Å². The Morgan fingerprint density at radius 3 is 2.85 bits per heavy atom. The standard InChI is InChI=1S/C9H9BrFN.ClH/c10-7-3-1-5-6(9(7)11)2-4-8(5)12;/h1,3,8H,2,4,12H2;1H/t8-;/m0./s1. The van der Waals surface area contributed by atoms with Crippen LogP contribution in [0.1, 0.15) is 23.6 Å². The van der Waals surface area contributed by atoms with Gasteiger partial charge in [0.15, 0.2) is 0 Å². The molecule has 1 aliphatic carbocycles. The van der Waals surface area contributed by atoms with Crippen molar-refractivity contribution in [2.45, 2.75) is 18.9 Å². The minimum atomic E-state index is -0.138. The van der Waals surface area contributed by atoms with E-state index in [4.69, 9.17) is 5.73 Å². The summed E-state index contributed by atoms with van der Waals surface area (Å²) in [6.07, 6.45) is 1.63. The molecule has 0 bridgehead atoms. The summed E-state index contributed by atoms with van der Waals surface area (Å²) in [6, 6.07) is 3.65. The van der Waals surface area contributed by atoms with Gasteiger partial charge in [-0.05, 0) is 46.0 Å². The highest BCUT2D eigenvalue weighted by Crippen LogP contribution is 2.33. The Morgan fingerprint density at radius 1 is 1.46 bits per heavy atom. The summed E-state index contributed by atoms with van der Waals surface area (Å²) >= 11 is 3.15. The molecule has 0 unspecified atom stereocenters. The highest BCUT2D eigenvalue weighted by atomic mass is 79.9. The maximum atomic E-state index is 13.4. The molecule has 1 atom stereocenters. The van der Waals surface area contributed by atoms with Gasteiger partial charge in [-0.3, -0.25) is 0 Å². The molecule has 0 radical (unpaired) electrons. The minimum Gasteiger partial charge on any atom is -0.324 e. The van der Waals surface area contributed by atoms with E-state index in [0.29, 0.717) is 4.47 Å². The van der Waals surface area contributed by atoms with E-state index in [1.807, 2.05) is 6.07 Å². The van der Waals surface area contributed by atoms with Crippen molar-refractivity contribution >= 4 is 28.3 Å². The molecule has 13 heavy (non-hydrogen) atoms. The highest BCUT2D eigenvalue weighted by molar-refractivity contribution is 9.10. The van der Waals surface area contributed by atoms with E-state index in [-0.39, 0.29) is 24.3 Å². The predicted octanol–water partition coefficient (Wildman–Crippen LogP) is 2.96. The number of fused-ring (bicyclic) bond motifs is 1. The first-order chi connectivity index (χ1) is 5.70. The molecule has 2 rings (SSSR count). The van der Waals surface area contributed by atoms with Crippen LogP contribution in [0.4, 0.5) is 4.39 Å². The molecule has 0 fully saturated rings. The average Bonchev–Trinajstić information content (AvgIpc) is 2.41. The van der Waals surface area contributed by atoms with Crippen molar-refractivity contribution in [1.29, 1.82) is 0 Å². The molecule has 0 saturated heterocycles. The number of hydrogen-bond donors (Lipinski definition) is 1. The van der Waals surface area contributed by atoms with Crippen LogP contribution in [0, 0.1) is 5.82 Å². The Balaban J connectivity index is 0.000000845. The van der Waals surface area contributed by atoms with E-state index in [2.05, 4.69) is 15.9 Å². The summed E-state index contributed by atoms with van der Waals surface area (Å²) in [7, 11) is 0. The van der Waals surface area contributed by atoms with Crippen LogP contribution in [0.2, 0.25) is 0 Å². The number of halogens is 3. The summed E-state index contributed by atoms with van der Waals surface area (Å²) in [6.45, 7) is 0. The fraction of sp³-hybridized carbons (Fsp3) is 0.333. The SMILES string of the molecule is Cl.N[C@H]1CCc2c1ccc(Br)c2F. The third-order valence-corrected chi connectivity index (χ3v) is 2.95. The lowest BCUT2D eigenvalue weighted by Crippen LogP contribution is -2.05. The second kappa shape index (κ2) is 3.95. The van der Waals surface area contributed by atoms with Gasteiger partial charge < -0.3 is 5.73 Å². The molecule has 0 spiro atoms. The van der Waals surface area contributed by atoms with Crippen molar-refractivity contribution < 1.29 is 4.39 Å². The summed E-state index contributed by atoms with van der Waals surface area (Å²) in [5.41, 5.74) is 7.54. The number of nitrogens with two attached hydrogens (primary N) is 1. The number of benzene rings is 1. The highest BCUT2D eigenvalue weighted by Gasteiger charge is 2.22. The van der Waals surface area contributed by atoms with Crippen molar-refractivity contribution in [2.24, 2.45) is 5.73 Å². The smallest absolute Gasteiger partial charge is 0.140 e. The van der Waals surface area contributed by atoms with Gasteiger partial charge in [0, 0.05) is 6.04 Å². The van der Waals surface area contributed by atoms with Gasteiger partial charge in [0.1, 0.15) is 5.82 Å². The van der Waals surface area contributed by atoms with Crippen LogP contribution in [0.5, 0.6) is 0 Å². The minimum absolute atomic E-state index is 0. The molecular weight excluding hydrogens is 256 g/mol. The third-order valence-electron chi connectivity index (χ3n) is 2.34. The van der Waals surface area contributed by atoms with Gasteiger partial charge in [0.2, 0.25) is 0 Å². The van der Waals surface area contributed by atoms with Crippen molar-refractivity contribution in [3.8, 4) is 0 Å². The van der Waals surface area contributed by atoms with Gasteiger partial charge >= 0.3 is 0 Å². The summed E-state index contributed by atoms with van der Waals surface area (Å²) in [4.78, 5) is 0. The van der Waals surface area contributed by atoms with Crippen LogP contribution in [-0.4, -0.2) is 0 Å². The number of rotatable bonds is 0. The maximum absolute atomic E-state index is 13.4. The summed E-state index contributed by atoms with van der Waals surface area (Å²) in [5, 5.41) is 0. The fourth-order valence-electron chi connectivity index (χ4n) is 1.66. The lowest BCUT2D eigenvalue weighted by molar-refractivity contribution is 0.606. The van der Waals surface area contributed by atoms with Crippen LogP contribution in [-0.2, 0) is 6.42 Å². The molecule has 4 heteroatoms. The zero-order chi connectivity index (χ0) is 8.72. The Hall–Kier alpha value is -0.120. The van der Waals surface area contributed by atoms with E-state index < -0.39 is 0 Å². The Bertz CT molecular complexity index is 330. The van der Waals surface area contributed by atoms with E-state index in [0.717, 1.165) is 24.0 Å². The second-order valence-electron chi connectivity index (χ2n) is 3.07. The largest absolute Gasteiger partial charge is 0.324 e. The predicted molar refractivity (Wildman–Crippen MR) is 56.6 cm³/mol. The van der Waals surface area contributed by atoms with E-state index in [1.165, 1.54) is 0 Å². The number of hydrogen-bond acceptors (Lipinski definition) is 1. The van der Waals surface area contributed by atoms with Crippen molar-refractivity contribution in [3.63, 3.8) is 0 Å². The molecule has 0 aromatic heterocycles. The maximum Gasteiger partial charge on any atom is 0.140 e. The second-order valence-corrected chi connectivity index (χ2v) is 3.93. The van der Waals surface area contributed by atoms with Crippen molar-refractivity contribution in [2.75, 3.05) is 0 Å². The lowest BCUT2D eigenvalue weighted by Gasteiger charge is -2.05. The molecule has 0 heterocycles. The molecule has 1 aliphatic rings. The van der Waals surface area contributed by atoms with Crippen molar-refractivity contribution in [3.05, 3.63) is 33.5 Å². The van der Waals surface area contributed by atoms with Gasteiger partial charge in [-0.25, -0.2) is 4.39 Å². The molecular formula is C9H10BrClFN. The average molecular weight is 267 g/mol. The first-order valence-electron chi connectivity index (χ1n) is 3.92. The first kappa shape index (κ1) is 11.0. The quantitative estimate of drug-likeness (QED) is 0.768. The normalized spacial score (nSPS) is 19.5. The van der Waals surface area contributed by atoms with Gasteiger partial charge in [-0.15, -0.1) is 12.4 Å². The Morgan fingerprint density at radius 2 is 2.15 bits per heavy atom. The molecule has 0 saturated carbocycles. The van der Waals surface area contributed by atoms with Crippen LogP contribution < -0.4 is 5.73 Å². The molecule has 72 valence electrons. The topological polar surface area (TPSA) is 26.0 Å². The lowest BCUT2D eigenvalue weighted by atomic mass is 10.1. The fourth-order valence-corrected chi connectivity index (χ4v) is 2.04. The molecule has 1 nitrogen and oxygen atoms in total. The molecule has 2 N–H and O–H groups in total. The zero-order valence-corrected chi connectivity index (χ0v) is 9.29. The molecule has 1 aromatic carbocycles. The van der Waals surface area contributed by atoms with E-state index >= 15 is 0 Å². The monoisotopic (exact) mass is 265 g/mol. The van der Waals surface area contributed by atoms with Crippen LogP contribution in [0.15, 0.2) is 16.6 Å². The molecule has 0 amide bonds. The Labute approximate surface area is 91.0 Å². The molecule has 0 aliphatic heterocycles. The zero-order valence-electron chi connectivity index (χ0n) is 6.89. The van der Waals surface area contributed by atoms with Gasteiger partial charge in [0.25, 0.3) is 0 Å². The van der Waals surface area contributed by atoms with E-state index in [9.17, 15) is 4.39 Å². The third kappa shape index (κ3) is 1.73. The Kier molecular flexibility index (Phi) is 3.33. The van der Waals surface area contributed by atoms with Gasteiger partial charge in [-0.2, -0.15) is 0 Å². The summed E-state index contributed by atoms with van der Waals surface area (Å²) in [5.74, 6) is -0.138. The van der Waals surface area contributed by atoms with Crippen molar-refractivity contribution in [1.82, 2.24) is 0 Å². The van der Waals surface area contributed by atoms with Crippen LogP contribution in [0.3, 0.4) is 0 Å². The summed E-state index contributed by atoms with van der Waals surface area (Å²) < 4.78 is 13.9. The van der Waals surface area contributed by atoms with E-state index in [1.54, 1.807) is 6.07 Å².